The summed E-state index contributed by atoms with van der Waals surface area (Å²) in [7, 11) is 0. The summed E-state index contributed by atoms with van der Waals surface area (Å²) in [5, 5.41) is 2.69. The van der Waals surface area contributed by atoms with E-state index in [0.717, 1.165) is 6.07 Å². The zero-order valence-electron chi connectivity index (χ0n) is 11.0. The summed E-state index contributed by atoms with van der Waals surface area (Å²) >= 11 is 0. The van der Waals surface area contributed by atoms with Crippen molar-refractivity contribution in [1.29, 1.82) is 0 Å². The topological polar surface area (TPSA) is 38.3 Å². The number of anilines is 1. The highest BCUT2D eigenvalue weighted by Crippen LogP contribution is 2.33. The molecule has 1 aromatic rings. The van der Waals surface area contributed by atoms with Crippen LogP contribution in [-0.2, 0) is 15.7 Å². The molecule has 0 saturated heterocycles. The molecular weight excluding hydrogens is 259 g/mol. The van der Waals surface area contributed by atoms with Gasteiger partial charge in [0.2, 0.25) is 0 Å². The average molecular weight is 275 g/mol. The molecule has 0 aliphatic rings. The smallest absolute Gasteiger partial charge is 0.416 e. The highest BCUT2D eigenvalue weighted by atomic mass is 19.4. The van der Waals surface area contributed by atoms with Gasteiger partial charge in [0.15, 0.2) is 0 Å². The molecule has 106 valence electrons. The molecule has 1 aromatic carbocycles. The minimum Gasteiger partial charge on any atom is -0.464 e. The van der Waals surface area contributed by atoms with Gasteiger partial charge in [-0.2, -0.15) is 13.2 Å². The minimum atomic E-state index is -4.41. The summed E-state index contributed by atoms with van der Waals surface area (Å²) in [5.74, 6) is -0.503. The van der Waals surface area contributed by atoms with E-state index in [4.69, 9.17) is 4.74 Å². The van der Waals surface area contributed by atoms with E-state index in [2.05, 4.69) is 5.32 Å². The first kappa shape index (κ1) is 15.3. The Balaban J connectivity index is 2.89. The van der Waals surface area contributed by atoms with Crippen LogP contribution in [0.5, 0.6) is 0 Å². The molecule has 1 rings (SSSR count). The number of aryl methyl sites for hydroxylation is 1. The molecule has 0 aliphatic carbocycles. The van der Waals surface area contributed by atoms with Crippen molar-refractivity contribution in [3.63, 3.8) is 0 Å². The van der Waals surface area contributed by atoms with Crippen molar-refractivity contribution in [2.45, 2.75) is 33.0 Å². The maximum Gasteiger partial charge on any atom is 0.416 e. The molecule has 19 heavy (non-hydrogen) atoms. The van der Waals surface area contributed by atoms with Crippen LogP contribution in [0.25, 0.3) is 0 Å². The predicted molar refractivity (Wildman–Crippen MR) is 65.9 cm³/mol. The molecule has 0 spiro atoms. The van der Waals surface area contributed by atoms with E-state index in [9.17, 15) is 18.0 Å². The number of carbonyl (C=O) groups is 1. The molecule has 1 unspecified atom stereocenters. The molecule has 0 aromatic heterocycles. The number of nitrogens with one attached hydrogen (secondary N) is 1. The highest BCUT2D eigenvalue weighted by Gasteiger charge is 2.32. The maximum atomic E-state index is 12.7. The number of carbonyl (C=O) groups excluding carboxylic acids is 1. The minimum absolute atomic E-state index is 0.141. The Kier molecular flexibility index (Phi) is 4.80. The lowest BCUT2D eigenvalue weighted by Gasteiger charge is -2.16. The standard InChI is InChI=1S/C13H16F3NO2/c1-4-19-12(18)9(3)17-10-6-5-8(2)11(7-10)13(14,15)16/h5-7,9,17H,4H2,1-3H3. The third kappa shape index (κ3) is 4.15. The van der Waals surface area contributed by atoms with Gasteiger partial charge < -0.3 is 10.1 Å². The van der Waals surface area contributed by atoms with Gasteiger partial charge in [0.1, 0.15) is 6.04 Å². The number of esters is 1. The van der Waals surface area contributed by atoms with Crippen molar-refractivity contribution in [1.82, 2.24) is 0 Å². The number of benzene rings is 1. The first-order valence-corrected chi connectivity index (χ1v) is 5.86. The molecule has 0 bridgehead atoms. The van der Waals surface area contributed by atoms with Crippen LogP contribution >= 0.6 is 0 Å². The monoisotopic (exact) mass is 275 g/mol. The van der Waals surface area contributed by atoms with Crippen molar-refractivity contribution in [2.24, 2.45) is 0 Å². The number of alkyl halides is 3. The summed E-state index contributed by atoms with van der Waals surface area (Å²) in [4.78, 5) is 11.4. The number of hydrogen-bond acceptors (Lipinski definition) is 3. The van der Waals surface area contributed by atoms with Gasteiger partial charge in [-0.1, -0.05) is 6.07 Å². The highest BCUT2D eigenvalue weighted by molar-refractivity contribution is 5.78. The Morgan fingerprint density at radius 1 is 1.42 bits per heavy atom. The second-order valence-corrected chi connectivity index (χ2v) is 4.15. The molecule has 0 fully saturated rings. The fourth-order valence-corrected chi connectivity index (χ4v) is 1.59. The zero-order valence-corrected chi connectivity index (χ0v) is 11.0. The van der Waals surface area contributed by atoms with E-state index in [-0.39, 0.29) is 17.9 Å². The number of ether oxygens (including phenoxy) is 1. The molecule has 0 heterocycles. The zero-order chi connectivity index (χ0) is 14.6. The van der Waals surface area contributed by atoms with Gasteiger partial charge in [0.05, 0.1) is 12.2 Å². The second kappa shape index (κ2) is 5.95. The lowest BCUT2D eigenvalue weighted by Crippen LogP contribution is -2.28. The van der Waals surface area contributed by atoms with Crippen molar-refractivity contribution >= 4 is 11.7 Å². The molecule has 3 nitrogen and oxygen atoms in total. The van der Waals surface area contributed by atoms with Crippen molar-refractivity contribution < 1.29 is 22.7 Å². The number of rotatable bonds is 4. The van der Waals surface area contributed by atoms with E-state index in [1.807, 2.05) is 0 Å². The van der Waals surface area contributed by atoms with Gasteiger partial charge in [-0.05, 0) is 38.5 Å². The molecule has 0 aliphatic heterocycles. The Hall–Kier alpha value is -1.72. The van der Waals surface area contributed by atoms with Gasteiger partial charge in [0, 0.05) is 5.69 Å². The van der Waals surface area contributed by atoms with Gasteiger partial charge in [-0.3, -0.25) is 0 Å². The second-order valence-electron chi connectivity index (χ2n) is 4.15. The molecule has 0 radical (unpaired) electrons. The Morgan fingerprint density at radius 2 is 2.05 bits per heavy atom. The van der Waals surface area contributed by atoms with E-state index >= 15 is 0 Å². The molecule has 6 heteroatoms. The van der Waals surface area contributed by atoms with Crippen LogP contribution < -0.4 is 5.32 Å². The van der Waals surface area contributed by atoms with Crippen LogP contribution in [0.1, 0.15) is 25.0 Å². The van der Waals surface area contributed by atoms with Crippen molar-refractivity contribution in [2.75, 3.05) is 11.9 Å². The van der Waals surface area contributed by atoms with Gasteiger partial charge in [-0.15, -0.1) is 0 Å². The van der Waals surface area contributed by atoms with E-state index in [1.165, 1.54) is 26.0 Å². The summed E-state index contributed by atoms with van der Waals surface area (Å²) in [6.07, 6.45) is -4.41. The lowest BCUT2D eigenvalue weighted by atomic mass is 10.1. The fraction of sp³-hybridized carbons (Fsp3) is 0.462. The number of hydrogen-bond donors (Lipinski definition) is 1. The largest absolute Gasteiger partial charge is 0.464 e. The van der Waals surface area contributed by atoms with Crippen LogP contribution in [0.15, 0.2) is 18.2 Å². The average Bonchev–Trinajstić information content (AvgIpc) is 2.30. The summed E-state index contributed by atoms with van der Waals surface area (Å²) < 4.78 is 43.0. The lowest BCUT2D eigenvalue weighted by molar-refractivity contribution is -0.143. The maximum absolute atomic E-state index is 12.7. The van der Waals surface area contributed by atoms with Gasteiger partial charge in [-0.25, -0.2) is 4.79 Å². The summed E-state index contributed by atoms with van der Waals surface area (Å²) in [6, 6.07) is 3.15. The quantitative estimate of drug-likeness (QED) is 0.856. The van der Waals surface area contributed by atoms with Crippen LogP contribution in [0, 0.1) is 6.92 Å². The molecule has 0 amide bonds. The molecule has 0 saturated carbocycles. The normalized spacial score (nSPS) is 12.9. The van der Waals surface area contributed by atoms with Crippen LogP contribution in [0.4, 0.5) is 18.9 Å². The van der Waals surface area contributed by atoms with Gasteiger partial charge in [0.25, 0.3) is 0 Å². The van der Waals surface area contributed by atoms with E-state index in [0.29, 0.717) is 0 Å². The van der Waals surface area contributed by atoms with Crippen LogP contribution in [0.3, 0.4) is 0 Å². The SMILES string of the molecule is CCOC(=O)C(C)Nc1ccc(C)c(C(F)(F)F)c1. The molecule has 1 N–H and O–H groups in total. The fourth-order valence-electron chi connectivity index (χ4n) is 1.59. The summed E-state index contributed by atoms with van der Waals surface area (Å²) in [6.45, 7) is 4.82. The van der Waals surface area contributed by atoms with Gasteiger partial charge >= 0.3 is 12.1 Å². The Bertz CT molecular complexity index is 458. The van der Waals surface area contributed by atoms with E-state index < -0.39 is 23.8 Å². The molecule has 1 atom stereocenters. The first-order valence-electron chi connectivity index (χ1n) is 5.86. The van der Waals surface area contributed by atoms with Crippen LogP contribution in [-0.4, -0.2) is 18.6 Å². The van der Waals surface area contributed by atoms with Crippen LogP contribution in [0.2, 0.25) is 0 Å². The Morgan fingerprint density at radius 3 is 2.58 bits per heavy atom. The van der Waals surface area contributed by atoms with E-state index in [1.54, 1.807) is 6.92 Å². The third-order valence-corrected chi connectivity index (χ3v) is 2.57. The third-order valence-electron chi connectivity index (χ3n) is 2.57. The summed E-state index contributed by atoms with van der Waals surface area (Å²) in [5.41, 5.74) is -0.339. The predicted octanol–water partition coefficient (Wildman–Crippen LogP) is 3.38. The molecular formula is C13H16F3NO2. The van der Waals surface area contributed by atoms with Crippen molar-refractivity contribution in [3.05, 3.63) is 29.3 Å². The Labute approximate surface area is 109 Å². The number of halogens is 3. The first-order chi connectivity index (χ1) is 8.75. The van der Waals surface area contributed by atoms with Crippen molar-refractivity contribution in [3.8, 4) is 0 Å².